The fourth-order valence-electron chi connectivity index (χ4n) is 4.47. The molecule has 0 saturated carbocycles. The van der Waals surface area contributed by atoms with Gasteiger partial charge in [0.1, 0.15) is 11.3 Å². The number of fused-ring (bicyclic) bond motifs is 1. The van der Waals surface area contributed by atoms with Gasteiger partial charge in [0.05, 0.1) is 22.1 Å². The van der Waals surface area contributed by atoms with Crippen molar-refractivity contribution in [2.75, 3.05) is 18.0 Å². The van der Waals surface area contributed by atoms with Crippen molar-refractivity contribution in [2.24, 2.45) is 5.92 Å². The fourth-order valence-corrected chi connectivity index (χ4v) is 6.98. The van der Waals surface area contributed by atoms with Crippen molar-refractivity contribution in [3.63, 3.8) is 0 Å². The molecular formula is C27H26FN3O3S2. The molecular weight excluding hydrogens is 497 g/mol. The number of nitrogens with zero attached hydrogens (tertiary/aromatic N) is 3. The van der Waals surface area contributed by atoms with Gasteiger partial charge in [0.25, 0.3) is 0 Å². The molecule has 0 radical (unpaired) electrons. The number of hydrogen-bond donors (Lipinski definition) is 0. The first-order chi connectivity index (χ1) is 17.3. The molecule has 0 bridgehead atoms. The number of anilines is 1. The normalized spacial score (nSPS) is 16.8. The van der Waals surface area contributed by atoms with E-state index in [4.69, 9.17) is 0 Å². The van der Waals surface area contributed by atoms with E-state index in [1.54, 1.807) is 41.3 Å². The third-order valence-corrected chi connectivity index (χ3v) is 9.35. The van der Waals surface area contributed by atoms with Gasteiger partial charge in [-0.2, -0.15) is 4.31 Å². The number of halogens is 1. The zero-order chi connectivity index (χ0) is 25.3. The largest absolute Gasteiger partial charge is 0.283 e. The van der Waals surface area contributed by atoms with Gasteiger partial charge in [0.2, 0.25) is 15.9 Å². The zero-order valence-corrected chi connectivity index (χ0v) is 21.4. The maximum absolute atomic E-state index is 14.4. The van der Waals surface area contributed by atoms with Crippen LogP contribution in [-0.2, 0) is 21.4 Å². The Kier molecular flexibility index (Phi) is 6.87. The molecule has 1 fully saturated rings. The van der Waals surface area contributed by atoms with Gasteiger partial charge in [-0.1, -0.05) is 65.4 Å². The first-order valence-electron chi connectivity index (χ1n) is 11.8. The molecule has 5 rings (SSSR count). The number of thiazole rings is 1. The van der Waals surface area contributed by atoms with Gasteiger partial charge in [-0.3, -0.25) is 9.69 Å². The van der Waals surface area contributed by atoms with Crippen LogP contribution in [0.5, 0.6) is 0 Å². The summed E-state index contributed by atoms with van der Waals surface area (Å²) in [7, 11) is -3.72. The predicted molar refractivity (Wildman–Crippen MR) is 140 cm³/mol. The average molecular weight is 524 g/mol. The first kappa shape index (κ1) is 24.5. The summed E-state index contributed by atoms with van der Waals surface area (Å²) in [5, 5.41) is 0.405. The standard InChI is InChI=1S/C27H26FN3O3S2/c1-19-12-14-22(15-13-19)36(33,34)30-16-6-9-21(18-30)26(32)31(17-20-7-3-2-4-8-20)27-29-25-23(28)10-5-11-24(25)35-27/h2-5,7-8,10-15,21H,6,9,16-18H2,1H3. The van der Waals surface area contributed by atoms with Gasteiger partial charge in [-0.15, -0.1) is 0 Å². The first-order valence-corrected chi connectivity index (χ1v) is 14.1. The van der Waals surface area contributed by atoms with Crippen LogP contribution in [0, 0.1) is 18.7 Å². The average Bonchev–Trinajstić information content (AvgIpc) is 3.33. The number of aryl methyl sites for hydroxylation is 1. The van der Waals surface area contributed by atoms with Crippen LogP contribution in [0.4, 0.5) is 9.52 Å². The maximum atomic E-state index is 14.4. The number of para-hydroxylation sites is 1. The Balaban J connectivity index is 1.45. The van der Waals surface area contributed by atoms with Crippen LogP contribution < -0.4 is 4.90 Å². The summed E-state index contributed by atoms with van der Waals surface area (Å²) in [6.07, 6.45) is 1.15. The van der Waals surface area contributed by atoms with Crippen molar-refractivity contribution in [3.05, 3.63) is 89.7 Å². The lowest BCUT2D eigenvalue weighted by Crippen LogP contribution is -2.46. The quantitative estimate of drug-likeness (QED) is 0.340. The molecule has 186 valence electrons. The highest BCUT2D eigenvalue weighted by atomic mass is 32.2. The predicted octanol–water partition coefficient (Wildman–Crippen LogP) is 5.38. The summed E-state index contributed by atoms with van der Waals surface area (Å²) >= 11 is 1.26. The van der Waals surface area contributed by atoms with Gasteiger partial charge in [0.15, 0.2) is 5.13 Å². The highest BCUT2D eigenvalue weighted by Gasteiger charge is 2.36. The van der Waals surface area contributed by atoms with Gasteiger partial charge < -0.3 is 0 Å². The topological polar surface area (TPSA) is 70.6 Å². The Morgan fingerprint density at radius 1 is 1.08 bits per heavy atom. The maximum Gasteiger partial charge on any atom is 0.243 e. The van der Waals surface area contributed by atoms with Crippen LogP contribution in [-0.4, -0.2) is 36.7 Å². The van der Waals surface area contributed by atoms with Crippen molar-refractivity contribution in [3.8, 4) is 0 Å². The molecule has 1 amide bonds. The number of sulfonamides is 1. The number of rotatable bonds is 6. The molecule has 1 aliphatic heterocycles. The number of hydrogen-bond acceptors (Lipinski definition) is 5. The summed E-state index contributed by atoms with van der Waals surface area (Å²) < 4.78 is 43.0. The number of piperidine rings is 1. The molecule has 0 N–H and O–H groups in total. The number of benzene rings is 3. The second kappa shape index (κ2) is 10.1. The van der Waals surface area contributed by atoms with Gasteiger partial charge in [-0.25, -0.2) is 17.8 Å². The zero-order valence-electron chi connectivity index (χ0n) is 19.8. The van der Waals surface area contributed by atoms with E-state index in [9.17, 15) is 17.6 Å². The van der Waals surface area contributed by atoms with Gasteiger partial charge >= 0.3 is 0 Å². The molecule has 1 saturated heterocycles. The lowest BCUT2D eigenvalue weighted by atomic mass is 9.98. The number of amides is 1. The fraction of sp³-hybridized carbons (Fsp3) is 0.259. The van der Waals surface area contributed by atoms with Crippen LogP contribution >= 0.6 is 11.3 Å². The lowest BCUT2D eigenvalue weighted by molar-refractivity contribution is -0.123. The molecule has 1 unspecified atom stereocenters. The van der Waals surface area contributed by atoms with E-state index in [2.05, 4.69) is 4.98 Å². The van der Waals surface area contributed by atoms with E-state index in [0.29, 0.717) is 29.2 Å². The van der Waals surface area contributed by atoms with Crippen LogP contribution in [0.25, 0.3) is 10.2 Å². The number of aromatic nitrogens is 1. The van der Waals surface area contributed by atoms with E-state index >= 15 is 0 Å². The highest BCUT2D eigenvalue weighted by Crippen LogP contribution is 2.33. The second-order valence-electron chi connectivity index (χ2n) is 9.01. The van der Waals surface area contributed by atoms with E-state index in [1.165, 1.54) is 21.7 Å². The summed E-state index contributed by atoms with van der Waals surface area (Å²) in [6, 6.07) is 21.0. The number of carbonyl (C=O) groups excluding carboxylic acids is 1. The van der Waals surface area contributed by atoms with Crippen LogP contribution in [0.1, 0.15) is 24.0 Å². The minimum Gasteiger partial charge on any atom is -0.283 e. The third-order valence-electron chi connectivity index (χ3n) is 6.43. The molecule has 3 aromatic carbocycles. The summed E-state index contributed by atoms with van der Waals surface area (Å²) in [5.41, 5.74) is 2.12. The smallest absolute Gasteiger partial charge is 0.243 e. The van der Waals surface area contributed by atoms with Crippen molar-refractivity contribution >= 4 is 42.6 Å². The Labute approximate surface area is 214 Å². The molecule has 0 spiro atoms. The molecule has 36 heavy (non-hydrogen) atoms. The molecule has 4 aromatic rings. The number of carbonyl (C=O) groups is 1. The van der Waals surface area contributed by atoms with Crippen molar-refractivity contribution in [1.82, 2.24) is 9.29 Å². The van der Waals surface area contributed by atoms with Gasteiger partial charge in [0, 0.05) is 13.1 Å². The Bertz CT molecular complexity index is 1490. The second-order valence-corrected chi connectivity index (χ2v) is 12.0. The molecule has 9 heteroatoms. The van der Waals surface area contributed by atoms with E-state index < -0.39 is 21.8 Å². The third kappa shape index (κ3) is 4.91. The Hall–Kier alpha value is -3.14. The molecule has 6 nitrogen and oxygen atoms in total. The van der Waals surface area contributed by atoms with Gasteiger partial charge in [-0.05, 0) is 49.6 Å². The SMILES string of the molecule is Cc1ccc(S(=O)(=O)N2CCCC(C(=O)N(Cc3ccccc3)c3nc4c(F)cccc4s3)C2)cc1. The van der Waals surface area contributed by atoms with E-state index in [-0.39, 0.29) is 29.4 Å². The van der Waals surface area contributed by atoms with Crippen molar-refractivity contribution < 1.29 is 17.6 Å². The Morgan fingerprint density at radius 3 is 2.56 bits per heavy atom. The molecule has 0 aliphatic carbocycles. The van der Waals surface area contributed by atoms with Crippen LogP contribution in [0.15, 0.2) is 77.7 Å². The van der Waals surface area contributed by atoms with E-state index in [0.717, 1.165) is 11.1 Å². The summed E-state index contributed by atoms with van der Waals surface area (Å²) in [4.78, 5) is 20.2. The molecule has 1 aromatic heterocycles. The summed E-state index contributed by atoms with van der Waals surface area (Å²) in [5.74, 6) is -1.17. The Morgan fingerprint density at radius 2 is 1.83 bits per heavy atom. The molecule has 2 heterocycles. The summed E-state index contributed by atoms with van der Waals surface area (Å²) in [6.45, 7) is 2.63. The van der Waals surface area contributed by atoms with Crippen molar-refractivity contribution in [2.45, 2.75) is 31.2 Å². The lowest BCUT2D eigenvalue weighted by Gasteiger charge is -2.33. The molecule has 1 aliphatic rings. The molecule has 1 atom stereocenters. The van der Waals surface area contributed by atoms with Crippen LogP contribution in [0.2, 0.25) is 0 Å². The van der Waals surface area contributed by atoms with Crippen molar-refractivity contribution in [1.29, 1.82) is 0 Å². The van der Waals surface area contributed by atoms with E-state index in [1.807, 2.05) is 37.3 Å². The monoisotopic (exact) mass is 523 g/mol. The highest BCUT2D eigenvalue weighted by molar-refractivity contribution is 7.89. The minimum atomic E-state index is -3.72. The minimum absolute atomic E-state index is 0.0968. The van der Waals surface area contributed by atoms with Crippen LogP contribution in [0.3, 0.4) is 0 Å².